The van der Waals surface area contributed by atoms with Crippen LogP contribution in [0.5, 0.6) is 47.0 Å². The molecule has 0 radical (unpaired) electrons. The third-order valence-corrected chi connectivity index (χ3v) is 3.87. The summed E-state index contributed by atoms with van der Waals surface area (Å²) in [5, 5.41) is 9.24. The molecule has 0 saturated heterocycles. The van der Waals surface area contributed by atoms with Gasteiger partial charge in [0.2, 0.25) is 23.5 Å². The van der Waals surface area contributed by atoms with Crippen LogP contribution < -0.4 is 33.9 Å². The van der Waals surface area contributed by atoms with E-state index in [0.717, 1.165) is 0 Å². The van der Waals surface area contributed by atoms with Gasteiger partial charge in [-0.25, -0.2) is 5.48 Å². The Morgan fingerprint density at radius 3 is 1.44 bits per heavy atom. The topological polar surface area (TPSA) is 156 Å². The van der Waals surface area contributed by atoms with Crippen molar-refractivity contribution in [3.63, 3.8) is 0 Å². The fraction of sp³-hybridized carbons (Fsp3) is 0.211. The number of amides is 1. The lowest BCUT2D eigenvalue weighted by Gasteiger charge is -2.14. The first-order valence-corrected chi connectivity index (χ1v) is 8.88. The van der Waals surface area contributed by atoms with Crippen molar-refractivity contribution in [1.29, 1.82) is 0 Å². The molecule has 3 rings (SSSR count). The molecule has 0 saturated carbocycles. The zero-order valence-corrected chi connectivity index (χ0v) is 17.5. The summed E-state index contributed by atoms with van der Waals surface area (Å²) >= 11 is 0. The number of ether oxygens (including phenoxy) is 6. The van der Waals surface area contributed by atoms with Crippen molar-refractivity contribution >= 4 is 5.91 Å². The maximum Gasteiger partial charge on any atom is 0.328 e. The molecule has 2 heterocycles. The van der Waals surface area contributed by atoms with E-state index in [1.54, 1.807) is 5.48 Å². The molecule has 2 aromatic heterocycles. The Morgan fingerprint density at radius 2 is 1.12 bits per heavy atom. The van der Waals surface area contributed by atoms with Crippen LogP contribution in [0.15, 0.2) is 30.3 Å². The molecule has 1 aromatic carbocycles. The number of carbonyl (C=O) groups is 1. The highest BCUT2D eigenvalue weighted by molar-refractivity contribution is 5.99. The van der Waals surface area contributed by atoms with Gasteiger partial charge >= 0.3 is 12.0 Å². The summed E-state index contributed by atoms with van der Waals surface area (Å²) in [4.78, 5) is 28.6. The number of nitrogens with zero attached hydrogens (tertiary/aromatic N) is 4. The smallest absolute Gasteiger partial charge is 0.328 e. The molecule has 13 nitrogen and oxygen atoms in total. The van der Waals surface area contributed by atoms with E-state index in [1.807, 2.05) is 0 Å². The van der Waals surface area contributed by atoms with E-state index in [9.17, 15) is 10.0 Å². The van der Waals surface area contributed by atoms with Gasteiger partial charge in [-0.2, -0.15) is 19.9 Å². The molecule has 3 aromatic rings. The van der Waals surface area contributed by atoms with E-state index in [0.29, 0.717) is 0 Å². The van der Waals surface area contributed by atoms with Gasteiger partial charge in [-0.3, -0.25) is 10.0 Å². The Labute approximate surface area is 181 Å². The predicted molar refractivity (Wildman–Crippen MR) is 106 cm³/mol. The molecule has 32 heavy (non-hydrogen) atoms. The molecular weight excluding hydrogens is 426 g/mol. The van der Waals surface area contributed by atoms with Crippen LogP contribution in [-0.2, 0) is 0 Å². The highest BCUT2D eigenvalue weighted by Gasteiger charge is 2.22. The van der Waals surface area contributed by atoms with Crippen LogP contribution in [0.25, 0.3) is 0 Å². The van der Waals surface area contributed by atoms with Crippen LogP contribution in [0.3, 0.4) is 0 Å². The van der Waals surface area contributed by atoms with Gasteiger partial charge in [-0.15, -0.1) is 0 Å². The monoisotopic (exact) mass is 445 g/mol. The Kier molecular flexibility index (Phi) is 7.02. The molecule has 0 aliphatic rings. The lowest BCUT2D eigenvalue weighted by Crippen LogP contribution is -2.20. The second-order valence-electron chi connectivity index (χ2n) is 5.74. The summed E-state index contributed by atoms with van der Waals surface area (Å²) in [6.45, 7) is 0. The second-order valence-corrected chi connectivity index (χ2v) is 5.74. The highest BCUT2D eigenvalue weighted by Crippen LogP contribution is 2.34. The van der Waals surface area contributed by atoms with Gasteiger partial charge < -0.3 is 28.4 Å². The van der Waals surface area contributed by atoms with Gasteiger partial charge in [0, 0.05) is 0 Å². The first-order chi connectivity index (χ1) is 15.5. The average molecular weight is 445 g/mol. The molecule has 0 aliphatic heterocycles. The fourth-order valence-electron chi connectivity index (χ4n) is 2.43. The minimum absolute atomic E-state index is 0.0424. The third kappa shape index (κ3) is 5.02. The molecule has 168 valence electrons. The molecule has 0 unspecified atom stereocenters. The predicted octanol–water partition coefficient (Wildman–Crippen LogP) is 2.00. The summed E-state index contributed by atoms with van der Waals surface area (Å²) in [6.07, 6.45) is 0. The van der Waals surface area contributed by atoms with Crippen LogP contribution >= 0.6 is 0 Å². The summed E-state index contributed by atoms with van der Waals surface area (Å²) in [5.74, 6) is -0.332. The SMILES string of the molecule is COc1cc(OC)nc(Oc2cccc(Oc3nc(OC)cc(OC)n3)c2C(=O)NO)n1. The zero-order valence-electron chi connectivity index (χ0n) is 17.5. The van der Waals surface area contributed by atoms with Gasteiger partial charge in [0.25, 0.3) is 5.91 Å². The van der Waals surface area contributed by atoms with Crippen molar-refractivity contribution in [3.8, 4) is 47.0 Å². The highest BCUT2D eigenvalue weighted by atomic mass is 16.5. The van der Waals surface area contributed by atoms with Crippen LogP contribution in [0.4, 0.5) is 0 Å². The molecule has 1 amide bonds. The summed E-state index contributed by atoms with van der Waals surface area (Å²) in [7, 11) is 5.64. The summed E-state index contributed by atoms with van der Waals surface area (Å²) in [5.41, 5.74) is 1.36. The number of hydroxylamine groups is 1. The zero-order chi connectivity index (χ0) is 23.1. The number of methoxy groups -OCH3 is 4. The van der Waals surface area contributed by atoms with E-state index in [-0.39, 0.29) is 52.6 Å². The second kappa shape index (κ2) is 10.1. The molecule has 0 fully saturated rings. The molecule has 0 bridgehead atoms. The Hall–Kier alpha value is -4.39. The van der Waals surface area contributed by atoms with Gasteiger partial charge in [0.1, 0.15) is 17.1 Å². The van der Waals surface area contributed by atoms with E-state index in [2.05, 4.69) is 19.9 Å². The number of rotatable bonds is 9. The summed E-state index contributed by atoms with van der Waals surface area (Å²) in [6, 6.07) is 6.96. The van der Waals surface area contributed by atoms with Crippen molar-refractivity contribution in [2.45, 2.75) is 0 Å². The standard InChI is InChI=1S/C19H19N5O8/c1-27-12-8-13(28-2)21-18(20-12)31-10-6-5-7-11(16(10)17(25)24-26)32-19-22-14(29-3)9-15(23-19)30-4/h5-9,26H,1-4H3,(H,24,25). The summed E-state index contributed by atoms with van der Waals surface area (Å²) < 4.78 is 31.7. The van der Waals surface area contributed by atoms with Gasteiger partial charge in [0.15, 0.2) is 0 Å². The quantitative estimate of drug-likeness (QED) is 0.365. The molecule has 0 atom stereocenters. The van der Waals surface area contributed by atoms with Crippen molar-refractivity contribution in [3.05, 3.63) is 35.9 Å². The van der Waals surface area contributed by atoms with Crippen LogP contribution in [0, 0.1) is 0 Å². The van der Waals surface area contributed by atoms with Gasteiger partial charge in [-0.1, -0.05) is 6.07 Å². The Bertz CT molecular complexity index is 991. The first kappa shape index (κ1) is 22.3. The van der Waals surface area contributed by atoms with Crippen LogP contribution in [0.2, 0.25) is 0 Å². The average Bonchev–Trinajstić information content (AvgIpc) is 2.83. The third-order valence-electron chi connectivity index (χ3n) is 3.87. The number of aromatic nitrogens is 4. The Balaban J connectivity index is 2.03. The first-order valence-electron chi connectivity index (χ1n) is 8.88. The van der Waals surface area contributed by atoms with Crippen molar-refractivity contribution in [2.24, 2.45) is 0 Å². The van der Waals surface area contributed by atoms with Crippen LogP contribution in [0.1, 0.15) is 10.4 Å². The van der Waals surface area contributed by atoms with Crippen molar-refractivity contribution < 1.29 is 38.4 Å². The molecule has 13 heteroatoms. The number of carbonyl (C=O) groups excluding carboxylic acids is 1. The maximum absolute atomic E-state index is 12.4. The lowest BCUT2D eigenvalue weighted by atomic mass is 10.1. The molecule has 0 aliphatic carbocycles. The number of hydrogen-bond donors (Lipinski definition) is 2. The number of hydrogen-bond acceptors (Lipinski definition) is 12. The lowest BCUT2D eigenvalue weighted by molar-refractivity contribution is 0.0701. The van der Waals surface area contributed by atoms with E-state index < -0.39 is 5.91 Å². The largest absolute Gasteiger partial charge is 0.481 e. The number of nitrogens with one attached hydrogen (secondary N) is 1. The van der Waals surface area contributed by atoms with Gasteiger partial charge in [-0.05, 0) is 12.1 Å². The molecular formula is C19H19N5O8. The van der Waals surface area contributed by atoms with E-state index in [1.165, 1.54) is 58.8 Å². The normalized spacial score (nSPS) is 10.2. The van der Waals surface area contributed by atoms with Gasteiger partial charge in [0.05, 0.1) is 40.6 Å². The van der Waals surface area contributed by atoms with Crippen molar-refractivity contribution in [1.82, 2.24) is 25.4 Å². The fourth-order valence-corrected chi connectivity index (χ4v) is 2.43. The number of benzene rings is 1. The van der Waals surface area contributed by atoms with Crippen LogP contribution in [-0.4, -0.2) is 59.5 Å². The molecule has 2 N–H and O–H groups in total. The van der Waals surface area contributed by atoms with E-state index in [4.69, 9.17) is 28.4 Å². The minimum atomic E-state index is -0.930. The minimum Gasteiger partial charge on any atom is -0.481 e. The Morgan fingerprint density at radius 1 is 0.750 bits per heavy atom. The van der Waals surface area contributed by atoms with E-state index >= 15 is 0 Å². The molecule has 0 spiro atoms. The maximum atomic E-state index is 12.4. The van der Waals surface area contributed by atoms with Crippen molar-refractivity contribution in [2.75, 3.05) is 28.4 Å².